The molecule has 0 aliphatic rings. The first-order valence-electron chi connectivity index (χ1n) is 9.58. The number of hydrogen-bond donors (Lipinski definition) is 3. The fourth-order valence-corrected chi connectivity index (χ4v) is 3.13. The number of nitrogens with one attached hydrogen (secondary N) is 3. The summed E-state index contributed by atoms with van der Waals surface area (Å²) in [5.74, 6) is 4.08. The number of aryl methyl sites for hydroxylation is 2. The van der Waals surface area contributed by atoms with Gasteiger partial charge in [0.05, 0.1) is 26.3 Å². The van der Waals surface area contributed by atoms with E-state index >= 15 is 0 Å². The fraction of sp³-hybridized carbons (Fsp3) is 0.450. The van der Waals surface area contributed by atoms with Crippen LogP contribution < -0.4 is 20.1 Å². The van der Waals surface area contributed by atoms with E-state index < -0.39 is 0 Å². The van der Waals surface area contributed by atoms with E-state index in [0.29, 0.717) is 6.54 Å². The lowest BCUT2D eigenvalue weighted by Gasteiger charge is -2.11. The van der Waals surface area contributed by atoms with Crippen molar-refractivity contribution in [2.24, 2.45) is 12.0 Å². The molecular formula is C20H29N7O2. The number of methoxy groups -OCH3 is 2. The highest BCUT2D eigenvalue weighted by Crippen LogP contribution is 2.31. The molecule has 0 aliphatic heterocycles. The molecule has 0 atom stereocenters. The van der Waals surface area contributed by atoms with Crippen LogP contribution >= 0.6 is 0 Å². The number of H-pyrrole nitrogens is 1. The van der Waals surface area contributed by atoms with Crippen molar-refractivity contribution < 1.29 is 9.47 Å². The predicted octanol–water partition coefficient (Wildman–Crippen LogP) is 1.92. The normalized spacial score (nSPS) is 11.7. The van der Waals surface area contributed by atoms with Crippen molar-refractivity contribution >= 4 is 16.9 Å². The average Bonchev–Trinajstić information content (AvgIpc) is 3.29. The molecule has 3 rings (SSSR count). The topological polar surface area (TPSA) is 101 Å². The summed E-state index contributed by atoms with van der Waals surface area (Å²) in [6.07, 6.45) is 1.86. The van der Waals surface area contributed by atoms with Crippen LogP contribution in [0.2, 0.25) is 0 Å². The summed E-state index contributed by atoms with van der Waals surface area (Å²) in [5.41, 5.74) is 2.17. The summed E-state index contributed by atoms with van der Waals surface area (Å²) in [4.78, 5) is 7.71. The molecule has 0 amide bonds. The van der Waals surface area contributed by atoms with E-state index in [0.717, 1.165) is 65.1 Å². The van der Waals surface area contributed by atoms with E-state index in [2.05, 4.69) is 36.9 Å². The van der Waals surface area contributed by atoms with Crippen LogP contribution in [0.15, 0.2) is 23.2 Å². The van der Waals surface area contributed by atoms with Crippen LogP contribution in [-0.2, 0) is 20.0 Å². The summed E-state index contributed by atoms with van der Waals surface area (Å²) < 4.78 is 12.8. The standard InChI is InChI=1S/C20H29N7O2/c1-13-25-26-19(27(13)3)12-23-20(21-2)22-8-6-7-14-9-16-17(24-14)10-15(28-4)11-18(16)29-5/h9-11,24H,6-8,12H2,1-5H3,(H2,21,22,23). The molecule has 29 heavy (non-hydrogen) atoms. The van der Waals surface area contributed by atoms with Gasteiger partial charge in [-0.25, -0.2) is 0 Å². The number of benzene rings is 1. The third kappa shape index (κ3) is 4.79. The van der Waals surface area contributed by atoms with Crippen LogP contribution in [0, 0.1) is 6.92 Å². The minimum Gasteiger partial charge on any atom is -0.497 e. The molecule has 3 aromatic rings. The first-order chi connectivity index (χ1) is 14.0. The molecule has 0 aliphatic carbocycles. The Kier molecular flexibility index (Phi) is 6.58. The van der Waals surface area contributed by atoms with Gasteiger partial charge < -0.3 is 29.7 Å². The fourth-order valence-electron chi connectivity index (χ4n) is 3.13. The highest BCUT2D eigenvalue weighted by atomic mass is 16.5. The molecule has 0 radical (unpaired) electrons. The third-order valence-electron chi connectivity index (χ3n) is 4.92. The second-order valence-corrected chi connectivity index (χ2v) is 6.76. The van der Waals surface area contributed by atoms with Crippen molar-refractivity contribution in [2.45, 2.75) is 26.3 Å². The van der Waals surface area contributed by atoms with Crippen molar-refractivity contribution in [3.8, 4) is 11.5 Å². The van der Waals surface area contributed by atoms with Gasteiger partial charge in [0.1, 0.15) is 17.3 Å². The molecule has 2 heterocycles. The van der Waals surface area contributed by atoms with Gasteiger partial charge in [0, 0.05) is 43.9 Å². The number of ether oxygens (including phenoxy) is 2. The number of guanidine groups is 1. The number of aromatic amines is 1. The third-order valence-corrected chi connectivity index (χ3v) is 4.92. The van der Waals surface area contributed by atoms with Crippen LogP contribution in [0.4, 0.5) is 0 Å². The molecule has 0 unspecified atom stereocenters. The Morgan fingerprint density at radius 2 is 2.00 bits per heavy atom. The van der Waals surface area contributed by atoms with Crippen LogP contribution in [0.1, 0.15) is 23.8 Å². The monoisotopic (exact) mass is 399 g/mol. The van der Waals surface area contributed by atoms with E-state index in [-0.39, 0.29) is 0 Å². The van der Waals surface area contributed by atoms with Crippen molar-refractivity contribution in [1.29, 1.82) is 0 Å². The zero-order chi connectivity index (χ0) is 20.8. The predicted molar refractivity (Wildman–Crippen MR) is 114 cm³/mol. The summed E-state index contributed by atoms with van der Waals surface area (Å²) in [5, 5.41) is 15.9. The van der Waals surface area contributed by atoms with Gasteiger partial charge in [0.15, 0.2) is 11.8 Å². The Labute approximate surface area is 170 Å². The quantitative estimate of drug-likeness (QED) is 0.304. The zero-order valence-corrected chi connectivity index (χ0v) is 17.7. The summed E-state index contributed by atoms with van der Waals surface area (Å²) >= 11 is 0. The lowest BCUT2D eigenvalue weighted by Crippen LogP contribution is -2.38. The Bertz CT molecular complexity index is 990. The smallest absolute Gasteiger partial charge is 0.191 e. The molecule has 0 spiro atoms. The van der Waals surface area contributed by atoms with Crippen LogP contribution in [0.3, 0.4) is 0 Å². The molecule has 0 fully saturated rings. The van der Waals surface area contributed by atoms with Gasteiger partial charge in [-0.3, -0.25) is 4.99 Å². The van der Waals surface area contributed by atoms with E-state index in [1.807, 2.05) is 30.7 Å². The molecule has 1 aromatic carbocycles. The Balaban J connectivity index is 1.51. The second-order valence-electron chi connectivity index (χ2n) is 6.76. The van der Waals surface area contributed by atoms with Crippen LogP contribution in [-0.4, -0.2) is 53.5 Å². The van der Waals surface area contributed by atoms with Gasteiger partial charge in [0.2, 0.25) is 0 Å². The lowest BCUT2D eigenvalue weighted by molar-refractivity contribution is 0.398. The largest absolute Gasteiger partial charge is 0.497 e. The highest BCUT2D eigenvalue weighted by Gasteiger charge is 2.09. The molecule has 9 nitrogen and oxygen atoms in total. The molecule has 2 aromatic heterocycles. The van der Waals surface area contributed by atoms with Gasteiger partial charge in [-0.2, -0.15) is 0 Å². The second kappa shape index (κ2) is 9.31. The van der Waals surface area contributed by atoms with Crippen LogP contribution in [0.25, 0.3) is 10.9 Å². The zero-order valence-electron chi connectivity index (χ0n) is 17.7. The van der Waals surface area contributed by atoms with Crippen LogP contribution in [0.5, 0.6) is 11.5 Å². The van der Waals surface area contributed by atoms with Gasteiger partial charge in [-0.15, -0.1) is 10.2 Å². The van der Waals surface area contributed by atoms with E-state index in [4.69, 9.17) is 9.47 Å². The number of rotatable bonds is 8. The summed E-state index contributed by atoms with van der Waals surface area (Å²) in [6.45, 7) is 3.30. The first-order valence-corrected chi connectivity index (χ1v) is 9.58. The molecule has 0 saturated heterocycles. The average molecular weight is 399 g/mol. The number of aromatic nitrogens is 4. The Morgan fingerprint density at radius 3 is 2.66 bits per heavy atom. The Morgan fingerprint density at radius 1 is 1.17 bits per heavy atom. The molecule has 0 saturated carbocycles. The van der Waals surface area contributed by atoms with E-state index in [1.54, 1.807) is 21.3 Å². The summed E-state index contributed by atoms with van der Waals surface area (Å²) in [6, 6.07) is 6.02. The van der Waals surface area contributed by atoms with Crippen molar-refractivity contribution in [3.63, 3.8) is 0 Å². The lowest BCUT2D eigenvalue weighted by atomic mass is 10.2. The molecular weight excluding hydrogens is 370 g/mol. The van der Waals surface area contributed by atoms with E-state index in [1.165, 1.54) is 0 Å². The highest BCUT2D eigenvalue weighted by molar-refractivity contribution is 5.88. The minimum atomic E-state index is 0.570. The van der Waals surface area contributed by atoms with Crippen molar-refractivity contribution in [2.75, 3.05) is 27.8 Å². The van der Waals surface area contributed by atoms with Gasteiger partial charge in [-0.05, 0) is 25.8 Å². The molecule has 9 heteroatoms. The number of hydrogen-bond acceptors (Lipinski definition) is 5. The molecule has 0 bridgehead atoms. The number of nitrogens with zero attached hydrogens (tertiary/aromatic N) is 4. The minimum absolute atomic E-state index is 0.570. The SMILES string of the molecule is CN=C(NCCCc1cc2c(OC)cc(OC)cc2[nH]1)NCc1nnc(C)n1C. The van der Waals surface area contributed by atoms with Crippen molar-refractivity contribution in [1.82, 2.24) is 30.4 Å². The van der Waals surface area contributed by atoms with E-state index in [9.17, 15) is 0 Å². The van der Waals surface area contributed by atoms with Gasteiger partial charge in [0.25, 0.3) is 0 Å². The van der Waals surface area contributed by atoms with Gasteiger partial charge in [-0.1, -0.05) is 0 Å². The number of fused-ring (bicyclic) bond motifs is 1. The summed E-state index contributed by atoms with van der Waals surface area (Å²) in [7, 11) is 7.04. The molecule has 3 N–H and O–H groups in total. The maximum atomic E-state index is 5.48. The maximum absolute atomic E-state index is 5.48. The van der Waals surface area contributed by atoms with Gasteiger partial charge >= 0.3 is 0 Å². The first kappa shape index (κ1) is 20.5. The van der Waals surface area contributed by atoms with Crippen molar-refractivity contribution in [3.05, 3.63) is 35.5 Å². The Hall–Kier alpha value is -3.23. The maximum Gasteiger partial charge on any atom is 0.191 e. The molecule has 156 valence electrons. The number of aliphatic imine (C=N–C) groups is 1.